The topological polar surface area (TPSA) is 91.5 Å². The van der Waals surface area contributed by atoms with Crippen molar-refractivity contribution in [2.24, 2.45) is 0 Å². The number of carbonyl (C=O) groups is 1. The van der Waals surface area contributed by atoms with Crippen LogP contribution < -0.4 is 10.1 Å². The van der Waals surface area contributed by atoms with Gasteiger partial charge in [0.05, 0.1) is 13.2 Å². The van der Waals surface area contributed by atoms with Crippen LogP contribution in [0.1, 0.15) is 36.5 Å². The van der Waals surface area contributed by atoms with Gasteiger partial charge in [-0.3, -0.25) is 4.79 Å². The second kappa shape index (κ2) is 8.72. The number of ketones is 1. The first-order chi connectivity index (χ1) is 14.9. The van der Waals surface area contributed by atoms with Gasteiger partial charge in [-0.05, 0) is 44.0 Å². The largest absolute Gasteiger partial charge is 0.495 e. The molecule has 1 aromatic heterocycles. The van der Waals surface area contributed by atoms with E-state index >= 15 is 0 Å². The van der Waals surface area contributed by atoms with Crippen molar-refractivity contribution in [3.05, 3.63) is 54.2 Å². The minimum atomic E-state index is -3.68. The van der Waals surface area contributed by atoms with Crippen molar-refractivity contribution in [3.8, 4) is 5.75 Å². The molecule has 1 aliphatic rings. The highest BCUT2D eigenvalue weighted by molar-refractivity contribution is 7.89. The van der Waals surface area contributed by atoms with Gasteiger partial charge in [-0.1, -0.05) is 24.6 Å². The molecule has 31 heavy (non-hydrogen) atoms. The highest BCUT2D eigenvalue weighted by atomic mass is 32.2. The lowest BCUT2D eigenvalue weighted by Gasteiger charge is -2.27. The van der Waals surface area contributed by atoms with Gasteiger partial charge in [-0.15, -0.1) is 0 Å². The number of piperidine rings is 1. The predicted molar refractivity (Wildman–Crippen MR) is 121 cm³/mol. The number of Topliss-reactive ketones (excluding diaryl/α,β-unsaturated/α-hetero) is 1. The third kappa shape index (κ3) is 4.18. The Bertz CT molecular complexity index is 1200. The summed E-state index contributed by atoms with van der Waals surface area (Å²) in [7, 11) is -2.22. The van der Waals surface area contributed by atoms with Crippen LogP contribution in [0.4, 0.5) is 5.69 Å². The standard InChI is InChI=1S/C23H27N3O4S/c1-16(23(27)19-15-24-20-9-5-4-8-18(19)20)25-17-10-11-21(30-2)22(14-17)31(28,29)26-12-6-3-7-13-26/h4-5,8-11,14-16,24-25H,3,6-7,12-13H2,1-2H3. The number of hydrogen-bond acceptors (Lipinski definition) is 5. The van der Waals surface area contributed by atoms with E-state index in [0.29, 0.717) is 30.1 Å². The molecule has 0 aliphatic carbocycles. The van der Waals surface area contributed by atoms with E-state index in [0.717, 1.165) is 30.2 Å². The molecule has 4 rings (SSSR count). The Morgan fingerprint density at radius 3 is 2.61 bits per heavy atom. The Morgan fingerprint density at radius 2 is 1.87 bits per heavy atom. The monoisotopic (exact) mass is 441 g/mol. The van der Waals surface area contributed by atoms with Crippen LogP contribution in [0.2, 0.25) is 0 Å². The average Bonchev–Trinajstić information content (AvgIpc) is 3.23. The number of rotatable bonds is 7. The SMILES string of the molecule is COc1ccc(NC(C)C(=O)c2c[nH]c3ccccc23)cc1S(=O)(=O)N1CCCCC1. The maximum Gasteiger partial charge on any atom is 0.246 e. The smallest absolute Gasteiger partial charge is 0.246 e. The summed E-state index contributed by atoms with van der Waals surface area (Å²) in [6, 6.07) is 12.0. The highest BCUT2D eigenvalue weighted by Crippen LogP contribution is 2.31. The second-order valence-corrected chi connectivity index (χ2v) is 9.71. The summed E-state index contributed by atoms with van der Waals surface area (Å²) < 4.78 is 33.3. The molecule has 1 unspecified atom stereocenters. The van der Waals surface area contributed by atoms with Crippen molar-refractivity contribution in [2.45, 2.75) is 37.1 Å². The third-order valence-corrected chi connectivity index (χ3v) is 7.65. The van der Waals surface area contributed by atoms with Crippen molar-refractivity contribution < 1.29 is 17.9 Å². The molecule has 164 valence electrons. The first-order valence-corrected chi connectivity index (χ1v) is 11.9. The minimum absolute atomic E-state index is 0.0753. The lowest BCUT2D eigenvalue weighted by Crippen LogP contribution is -2.35. The number of carbonyl (C=O) groups excluding carboxylic acids is 1. The predicted octanol–water partition coefficient (Wildman–Crippen LogP) is 4.03. The average molecular weight is 442 g/mol. The Balaban J connectivity index is 1.60. The molecule has 0 spiro atoms. The summed E-state index contributed by atoms with van der Waals surface area (Å²) in [6.45, 7) is 2.80. The number of nitrogens with zero attached hydrogens (tertiary/aromatic N) is 1. The molecular formula is C23H27N3O4S. The van der Waals surface area contributed by atoms with E-state index < -0.39 is 16.1 Å². The Kier molecular flexibility index (Phi) is 6.02. The van der Waals surface area contributed by atoms with Gasteiger partial charge in [-0.2, -0.15) is 4.31 Å². The van der Waals surface area contributed by atoms with Gasteiger partial charge in [0.2, 0.25) is 10.0 Å². The van der Waals surface area contributed by atoms with E-state index in [-0.39, 0.29) is 10.7 Å². The molecule has 3 aromatic rings. The number of sulfonamides is 1. The fraction of sp³-hybridized carbons (Fsp3) is 0.348. The molecule has 8 heteroatoms. The maximum absolute atomic E-state index is 13.2. The Labute approximate surface area is 182 Å². The van der Waals surface area contributed by atoms with Crippen molar-refractivity contribution in [3.63, 3.8) is 0 Å². The fourth-order valence-electron chi connectivity index (χ4n) is 4.04. The van der Waals surface area contributed by atoms with Gasteiger partial charge >= 0.3 is 0 Å². The first-order valence-electron chi connectivity index (χ1n) is 10.5. The zero-order valence-electron chi connectivity index (χ0n) is 17.7. The lowest BCUT2D eigenvalue weighted by atomic mass is 10.0. The van der Waals surface area contributed by atoms with Crippen LogP contribution in [0, 0.1) is 0 Å². The highest BCUT2D eigenvalue weighted by Gasteiger charge is 2.29. The number of methoxy groups -OCH3 is 1. The maximum atomic E-state index is 13.2. The Hall–Kier alpha value is -2.84. The Morgan fingerprint density at radius 1 is 1.13 bits per heavy atom. The van der Waals surface area contributed by atoms with E-state index in [2.05, 4.69) is 10.3 Å². The van der Waals surface area contributed by atoms with Crippen LogP contribution >= 0.6 is 0 Å². The van der Waals surface area contributed by atoms with Gasteiger partial charge in [-0.25, -0.2) is 8.42 Å². The molecular weight excluding hydrogens is 414 g/mol. The summed E-state index contributed by atoms with van der Waals surface area (Å²) in [5, 5.41) is 4.02. The van der Waals surface area contributed by atoms with E-state index in [9.17, 15) is 13.2 Å². The van der Waals surface area contributed by atoms with Crippen LogP contribution in [0.15, 0.2) is 53.6 Å². The molecule has 2 aromatic carbocycles. The van der Waals surface area contributed by atoms with Crippen molar-refractivity contribution in [1.29, 1.82) is 0 Å². The number of H-pyrrole nitrogens is 1. The molecule has 1 saturated heterocycles. The van der Waals surface area contributed by atoms with Crippen molar-refractivity contribution in [1.82, 2.24) is 9.29 Å². The fourth-order valence-corrected chi connectivity index (χ4v) is 5.74. The van der Waals surface area contributed by atoms with Crippen LogP contribution in [0.3, 0.4) is 0 Å². The number of fused-ring (bicyclic) bond motifs is 1. The summed E-state index contributed by atoms with van der Waals surface area (Å²) >= 11 is 0. The molecule has 0 saturated carbocycles. The number of aromatic amines is 1. The number of hydrogen-bond donors (Lipinski definition) is 2. The summed E-state index contributed by atoms with van der Waals surface area (Å²) in [5.41, 5.74) is 2.06. The minimum Gasteiger partial charge on any atom is -0.495 e. The quantitative estimate of drug-likeness (QED) is 0.540. The zero-order chi connectivity index (χ0) is 22.0. The summed E-state index contributed by atoms with van der Waals surface area (Å²) in [5.74, 6) is 0.223. The second-order valence-electron chi connectivity index (χ2n) is 7.81. The molecule has 1 aliphatic heterocycles. The molecule has 0 bridgehead atoms. The van der Waals surface area contributed by atoms with E-state index in [1.807, 2.05) is 24.3 Å². The van der Waals surface area contributed by atoms with E-state index in [1.54, 1.807) is 31.3 Å². The van der Waals surface area contributed by atoms with Crippen LogP contribution in [0.25, 0.3) is 10.9 Å². The third-order valence-electron chi connectivity index (χ3n) is 5.73. The van der Waals surface area contributed by atoms with Crippen LogP contribution in [0.5, 0.6) is 5.75 Å². The number of benzene rings is 2. The molecule has 1 atom stereocenters. The van der Waals surface area contributed by atoms with E-state index in [4.69, 9.17) is 4.74 Å². The number of nitrogens with one attached hydrogen (secondary N) is 2. The normalized spacial score (nSPS) is 16.2. The van der Waals surface area contributed by atoms with Gasteiger partial charge in [0, 0.05) is 41.4 Å². The molecule has 2 N–H and O–H groups in total. The molecule has 0 amide bonds. The van der Waals surface area contributed by atoms with Crippen LogP contribution in [-0.2, 0) is 10.0 Å². The molecule has 1 fully saturated rings. The van der Waals surface area contributed by atoms with Gasteiger partial charge < -0.3 is 15.0 Å². The zero-order valence-corrected chi connectivity index (χ0v) is 18.5. The number of ether oxygens (including phenoxy) is 1. The van der Waals surface area contributed by atoms with Gasteiger partial charge in [0.25, 0.3) is 0 Å². The lowest BCUT2D eigenvalue weighted by molar-refractivity contribution is 0.0977. The van der Waals surface area contributed by atoms with Gasteiger partial charge in [0.15, 0.2) is 5.78 Å². The van der Waals surface area contributed by atoms with Crippen LogP contribution in [-0.4, -0.2) is 49.7 Å². The summed E-state index contributed by atoms with van der Waals surface area (Å²) in [4.78, 5) is 16.3. The summed E-state index contributed by atoms with van der Waals surface area (Å²) in [6.07, 6.45) is 4.47. The first kappa shape index (κ1) is 21.4. The van der Waals surface area contributed by atoms with Gasteiger partial charge in [0.1, 0.15) is 10.6 Å². The number of anilines is 1. The molecule has 7 nitrogen and oxygen atoms in total. The number of para-hydroxylation sites is 1. The van der Waals surface area contributed by atoms with Crippen molar-refractivity contribution in [2.75, 3.05) is 25.5 Å². The van der Waals surface area contributed by atoms with Crippen molar-refractivity contribution >= 4 is 32.4 Å². The molecule has 2 heterocycles. The number of aromatic nitrogens is 1. The van der Waals surface area contributed by atoms with E-state index in [1.165, 1.54) is 11.4 Å². The molecule has 0 radical (unpaired) electrons.